The first kappa shape index (κ1) is 16.5. The van der Waals surface area contributed by atoms with Crippen molar-refractivity contribution in [2.45, 2.75) is 52.2 Å². The summed E-state index contributed by atoms with van der Waals surface area (Å²) in [7, 11) is 0. The van der Waals surface area contributed by atoms with Gasteiger partial charge in [-0.25, -0.2) is 9.59 Å². The van der Waals surface area contributed by atoms with Crippen molar-refractivity contribution in [1.29, 1.82) is 0 Å². The molecule has 1 N–H and O–H groups in total. The lowest BCUT2D eigenvalue weighted by molar-refractivity contribution is -0.143. The van der Waals surface area contributed by atoms with E-state index in [9.17, 15) is 9.59 Å². The summed E-state index contributed by atoms with van der Waals surface area (Å²) in [6.45, 7) is 7.24. The number of halogens is 1. The minimum atomic E-state index is -0.635. The Bertz CT molecular complexity index is 263. The van der Waals surface area contributed by atoms with Crippen LogP contribution < -0.4 is 5.32 Å². The summed E-state index contributed by atoms with van der Waals surface area (Å²) in [5.41, 5.74) is -0.575. The number of nitrogens with one attached hydrogen (secondary N) is 1. The molecule has 0 aromatic heterocycles. The molecule has 1 amide bonds. The van der Waals surface area contributed by atoms with Gasteiger partial charge in [0.1, 0.15) is 16.3 Å². The third-order valence-corrected chi connectivity index (χ3v) is 2.06. The predicted octanol–water partition coefficient (Wildman–Crippen LogP) is 2.62. The molecule has 0 aliphatic rings. The molecule has 0 unspecified atom stereocenters. The highest BCUT2D eigenvalue weighted by atomic mass is 127. The molecule has 0 aliphatic carbocycles. The Morgan fingerprint density at radius 3 is 2.35 bits per heavy atom. The molecule has 1 atom stereocenters. The zero-order valence-corrected chi connectivity index (χ0v) is 12.9. The van der Waals surface area contributed by atoms with E-state index in [1.54, 1.807) is 20.8 Å². The number of rotatable bonds is 5. The zero-order chi connectivity index (χ0) is 13.5. The maximum atomic E-state index is 11.5. The van der Waals surface area contributed by atoms with Gasteiger partial charge in [0.05, 0.1) is 0 Å². The molecule has 0 aliphatic heterocycles. The van der Waals surface area contributed by atoms with E-state index in [0.29, 0.717) is 6.42 Å². The van der Waals surface area contributed by atoms with Crippen LogP contribution in [-0.4, -0.2) is 28.3 Å². The molecule has 0 saturated carbocycles. The lowest BCUT2D eigenvalue weighted by Crippen LogP contribution is -2.44. The van der Waals surface area contributed by atoms with Crippen LogP contribution in [0.3, 0.4) is 0 Å². The fourth-order valence-electron chi connectivity index (χ4n) is 1.14. The van der Waals surface area contributed by atoms with Crippen LogP contribution in [0.25, 0.3) is 0 Å². The Labute approximate surface area is 116 Å². The number of ether oxygens (including phenoxy) is 2. The first-order valence-corrected chi connectivity index (χ1v) is 7.04. The van der Waals surface area contributed by atoms with Crippen LogP contribution in [0.15, 0.2) is 0 Å². The molecular formula is C11H20INO4. The fourth-order valence-corrected chi connectivity index (χ4v) is 1.45. The Morgan fingerprint density at radius 2 is 1.94 bits per heavy atom. The highest BCUT2D eigenvalue weighted by molar-refractivity contribution is 14.1. The summed E-state index contributed by atoms with van der Waals surface area (Å²) in [6, 6.07) is -0.635. The molecule has 0 rings (SSSR count). The van der Waals surface area contributed by atoms with E-state index in [-0.39, 0.29) is 4.61 Å². The molecule has 0 aromatic rings. The average molecular weight is 357 g/mol. The van der Waals surface area contributed by atoms with Crippen molar-refractivity contribution in [3.8, 4) is 0 Å². The average Bonchev–Trinajstić information content (AvgIpc) is 2.14. The zero-order valence-electron chi connectivity index (χ0n) is 10.7. The molecule has 0 aromatic carbocycles. The van der Waals surface area contributed by atoms with E-state index in [1.807, 2.05) is 29.5 Å². The highest BCUT2D eigenvalue weighted by Gasteiger charge is 2.24. The molecule has 0 fully saturated rings. The minimum Gasteiger partial charge on any atom is -0.453 e. The number of hydrogen-bond donors (Lipinski definition) is 1. The largest absolute Gasteiger partial charge is 0.453 e. The van der Waals surface area contributed by atoms with Gasteiger partial charge in [0, 0.05) is 0 Å². The molecule has 0 radical (unpaired) electrons. The van der Waals surface area contributed by atoms with Gasteiger partial charge < -0.3 is 14.8 Å². The first-order valence-electron chi connectivity index (χ1n) is 5.52. The van der Waals surface area contributed by atoms with E-state index in [0.717, 1.165) is 6.42 Å². The molecule has 5 nitrogen and oxygen atoms in total. The van der Waals surface area contributed by atoms with Crippen LogP contribution in [0.2, 0.25) is 0 Å². The summed E-state index contributed by atoms with van der Waals surface area (Å²) >= 11 is 1.93. The standard InChI is InChI=1S/C11H20INO4/c1-5-6-8(9(14)16-7-12)13-10(15)17-11(2,3)4/h8H,5-7H2,1-4H3,(H,13,15)/t8-/m0/s1. The molecule has 6 heteroatoms. The van der Waals surface area contributed by atoms with Crippen LogP contribution in [-0.2, 0) is 14.3 Å². The summed E-state index contributed by atoms with van der Waals surface area (Å²) in [5.74, 6) is -0.424. The van der Waals surface area contributed by atoms with Crippen LogP contribution >= 0.6 is 22.6 Å². The Kier molecular flexibility index (Phi) is 7.49. The molecule has 0 bridgehead atoms. The molecular weight excluding hydrogens is 337 g/mol. The van der Waals surface area contributed by atoms with E-state index in [2.05, 4.69) is 5.32 Å². The minimum absolute atomic E-state index is 0.271. The second-order valence-electron chi connectivity index (χ2n) is 4.56. The van der Waals surface area contributed by atoms with Gasteiger partial charge in [-0.1, -0.05) is 13.3 Å². The van der Waals surface area contributed by atoms with Gasteiger partial charge in [-0.2, -0.15) is 0 Å². The second kappa shape index (κ2) is 7.73. The van der Waals surface area contributed by atoms with Crippen molar-refractivity contribution in [2.75, 3.05) is 4.61 Å². The van der Waals surface area contributed by atoms with Crippen LogP contribution in [0.1, 0.15) is 40.5 Å². The maximum absolute atomic E-state index is 11.5. The first-order chi connectivity index (χ1) is 7.80. The lowest BCUT2D eigenvalue weighted by atomic mass is 10.2. The van der Waals surface area contributed by atoms with Crippen LogP contribution in [0.5, 0.6) is 0 Å². The van der Waals surface area contributed by atoms with Gasteiger partial charge in [-0.15, -0.1) is 0 Å². The third kappa shape index (κ3) is 8.23. The van der Waals surface area contributed by atoms with E-state index < -0.39 is 23.7 Å². The van der Waals surface area contributed by atoms with Gasteiger partial charge in [0.2, 0.25) is 0 Å². The van der Waals surface area contributed by atoms with Crippen LogP contribution in [0, 0.1) is 0 Å². The Hall–Kier alpha value is -0.530. The number of carbonyl (C=O) groups excluding carboxylic acids is 2. The molecule has 100 valence electrons. The van der Waals surface area contributed by atoms with Crippen molar-refractivity contribution in [3.63, 3.8) is 0 Å². The number of alkyl carbamates (subject to hydrolysis) is 1. The highest BCUT2D eigenvalue weighted by Crippen LogP contribution is 2.08. The lowest BCUT2D eigenvalue weighted by Gasteiger charge is -2.22. The van der Waals surface area contributed by atoms with Gasteiger partial charge in [0.25, 0.3) is 0 Å². The van der Waals surface area contributed by atoms with Gasteiger partial charge in [0.15, 0.2) is 0 Å². The smallest absolute Gasteiger partial charge is 0.408 e. The van der Waals surface area contributed by atoms with Crippen molar-refractivity contribution >= 4 is 34.7 Å². The monoisotopic (exact) mass is 357 g/mol. The number of alkyl halides is 1. The van der Waals surface area contributed by atoms with Crippen molar-refractivity contribution < 1.29 is 19.1 Å². The number of amides is 1. The normalized spacial score (nSPS) is 12.8. The van der Waals surface area contributed by atoms with Gasteiger partial charge >= 0.3 is 12.1 Å². The van der Waals surface area contributed by atoms with E-state index >= 15 is 0 Å². The van der Waals surface area contributed by atoms with Crippen molar-refractivity contribution in [3.05, 3.63) is 0 Å². The summed E-state index contributed by atoms with van der Waals surface area (Å²) in [5, 5.41) is 2.52. The van der Waals surface area contributed by atoms with Gasteiger partial charge in [-0.3, -0.25) is 0 Å². The number of carbonyl (C=O) groups is 2. The summed E-state index contributed by atoms with van der Waals surface area (Å²) in [6.07, 6.45) is 0.715. The van der Waals surface area contributed by atoms with E-state index in [4.69, 9.17) is 9.47 Å². The van der Waals surface area contributed by atoms with Crippen molar-refractivity contribution in [1.82, 2.24) is 5.32 Å². The number of hydrogen-bond acceptors (Lipinski definition) is 4. The third-order valence-electron chi connectivity index (χ3n) is 1.75. The molecule has 0 heterocycles. The Morgan fingerprint density at radius 1 is 1.35 bits per heavy atom. The molecule has 0 saturated heterocycles. The Balaban J connectivity index is 4.34. The SMILES string of the molecule is CCC[C@H](NC(=O)OC(C)(C)C)C(=O)OCI. The van der Waals surface area contributed by atoms with Gasteiger partial charge in [-0.05, 0) is 49.8 Å². The topological polar surface area (TPSA) is 64.6 Å². The number of esters is 1. The van der Waals surface area contributed by atoms with Crippen LogP contribution in [0.4, 0.5) is 4.79 Å². The quantitative estimate of drug-likeness (QED) is 0.467. The summed E-state index contributed by atoms with van der Waals surface area (Å²) < 4.78 is 10.2. The van der Waals surface area contributed by atoms with E-state index in [1.165, 1.54) is 0 Å². The predicted molar refractivity (Wildman–Crippen MR) is 73.0 cm³/mol. The molecule has 17 heavy (non-hydrogen) atoms. The summed E-state index contributed by atoms with van der Waals surface area (Å²) in [4.78, 5) is 23.0. The van der Waals surface area contributed by atoms with Crippen molar-refractivity contribution in [2.24, 2.45) is 0 Å². The fraction of sp³-hybridized carbons (Fsp3) is 0.818. The molecule has 0 spiro atoms. The second-order valence-corrected chi connectivity index (χ2v) is 5.18. The maximum Gasteiger partial charge on any atom is 0.408 e.